The second-order valence-electron chi connectivity index (χ2n) is 5.86. The third-order valence-corrected chi connectivity index (χ3v) is 5.41. The highest BCUT2D eigenvalue weighted by Crippen LogP contribution is 2.38. The first-order valence-corrected chi connectivity index (χ1v) is 8.50. The third-order valence-electron chi connectivity index (χ3n) is 4.46. The Kier molecular flexibility index (Phi) is 3.60. The lowest BCUT2D eigenvalue weighted by atomic mass is 9.84. The van der Waals surface area contributed by atoms with Gasteiger partial charge in [0.25, 0.3) is 0 Å². The average molecular weight is 318 g/mol. The molecule has 1 aliphatic carbocycles. The van der Waals surface area contributed by atoms with E-state index in [2.05, 4.69) is 10.3 Å². The van der Waals surface area contributed by atoms with Crippen molar-refractivity contribution in [1.29, 1.82) is 0 Å². The number of benzene rings is 1. The van der Waals surface area contributed by atoms with Gasteiger partial charge < -0.3 is 14.8 Å². The Hall–Kier alpha value is -1.50. The summed E-state index contributed by atoms with van der Waals surface area (Å²) in [5.74, 6) is -0.329. The predicted molar refractivity (Wildman–Crippen MR) is 84.8 cm³/mol. The number of amides is 1. The fourth-order valence-corrected chi connectivity index (χ4v) is 4.11. The number of carbonyl (C=O) groups is 1. The number of hydrogen-bond donors (Lipinski definition) is 1. The molecule has 2 aromatic rings. The number of carbonyl (C=O) groups excluding carboxylic acids is 1. The zero-order valence-corrected chi connectivity index (χ0v) is 13.0. The quantitative estimate of drug-likeness (QED) is 0.924. The summed E-state index contributed by atoms with van der Waals surface area (Å²) < 4.78 is 12.5. The lowest BCUT2D eigenvalue weighted by molar-refractivity contribution is -0.182. The fourth-order valence-electron chi connectivity index (χ4n) is 3.24. The second-order valence-corrected chi connectivity index (χ2v) is 6.89. The summed E-state index contributed by atoms with van der Waals surface area (Å²) in [6.45, 7) is 1.34. The maximum absolute atomic E-state index is 12.4. The number of fused-ring (bicyclic) bond motifs is 1. The molecule has 1 aromatic carbocycles. The van der Waals surface area contributed by atoms with Crippen molar-refractivity contribution in [1.82, 2.24) is 4.98 Å². The van der Waals surface area contributed by atoms with Crippen LogP contribution in [0.5, 0.6) is 0 Å². The van der Waals surface area contributed by atoms with Crippen LogP contribution in [-0.2, 0) is 14.3 Å². The lowest BCUT2D eigenvalue weighted by Crippen LogP contribution is -2.38. The molecule has 2 fully saturated rings. The van der Waals surface area contributed by atoms with E-state index in [1.54, 1.807) is 0 Å². The van der Waals surface area contributed by atoms with Gasteiger partial charge in [-0.15, -0.1) is 0 Å². The second kappa shape index (κ2) is 5.61. The molecule has 0 atom stereocenters. The zero-order chi connectivity index (χ0) is 15.0. The van der Waals surface area contributed by atoms with Crippen LogP contribution in [0.15, 0.2) is 24.3 Å². The molecule has 116 valence electrons. The molecule has 1 amide bonds. The number of para-hydroxylation sites is 1. The van der Waals surface area contributed by atoms with Crippen LogP contribution in [0.2, 0.25) is 0 Å². The summed E-state index contributed by atoms with van der Waals surface area (Å²) in [4.78, 5) is 16.9. The van der Waals surface area contributed by atoms with Crippen LogP contribution >= 0.6 is 11.3 Å². The Morgan fingerprint density at radius 3 is 2.68 bits per heavy atom. The SMILES string of the molecule is O=C(Nc1nc2ccccc2s1)C1CCC2(CC1)OCCO2. The van der Waals surface area contributed by atoms with E-state index in [0.29, 0.717) is 18.3 Å². The fraction of sp³-hybridized carbons (Fsp3) is 0.500. The lowest BCUT2D eigenvalue weighted by Gasteiger charge is -2.34. The molecule has 22 heavy (non-hydrogen) atoms. The van der Waals surface area contributed by atoms with Crippen molar-refractivity contribution in [3.05, 3.63) is 24.3 Å². The van der Waals surface area contributed by atoms with Crippen molar-refractivity contribution >= 4 is 32.6 Å². The van der Waals surface area contributed by atoms with Gasteiger partial charge in [-0.25, -0.2) is 4.98 Å². The highest BCUT2D eigenvalue weighted by Gasteiger charge is 2.41. The van der Waals surface area contributed by atoms with Crippen LogP contribution in [0.1, 0.15) is 25.7 Å². The Morgan fingerprint density at radius 1 is 1.23 bits per heavy atom. The molecular weight excluding hydrogens is 300 g/mol. The zero-order valence-electron chi connectivity index (χ0n) is 12.2. The van der Waals surface area contributed by atoms with E-state index in [1.807, 2.05) is 24.3 Å². The van der Waals surface area contributed by atoms with E-state index in [9.17, 15) is 4.79 Å². The van der Waals surface area contributed by atoms with Gasteiger partial charge in [0.05, 0.1) is 23.4 Å². The van der Waals surface area contributed by atoms with Crippen LogP contribution in [0.25, 0.3) is 10.2 Å². The highest BCUT2D eigenvalue weighted by atomic mass is 32.1. The van der Waals surface area contributed by atoms with E-state index in [4.69, 9.17) is 9.47 Å². The highest BCUT2D eigenvalue weighted by molar-refractivity contribution is 7.22. The average Bonchev–Trinajstić information content (AvgIpc) is 3.14. The van der Waals surface area contributed by atoms with E-state index < -0.39 is 5.79 Å². The largest absolute Gasteiger partial charge is 0.348 e. The molecule has 0 radical (unpaired) electrons. The van der Waals surface area contributed by atoms with Crippen molar-refractivity contribution in [3.63, 3.8) is 0 Å². The van der Waals surface area contributed by atoms with Crippen molar-refractivity contribution in [2.75, 3.05) is 18.5 Å². The van der Waals surface area contributed by atoms with Gasteiger partial charge in [0.2, 0.25) is 5.91 Å². The van der Waals surface area contributed by atoms with Crippen LogP contribution in [0, 0.1) is 5.92 Å². The van der Waals surface area contributed by atoms with Crippen molar-refractivity contribution in [3.8, 4) is 0 Å². The summed E-state index contributed by atoms with van der Waals surface area (Å²) in [6.07, 6.45) is 3.20. The summed E-state index contributed by atoms with van der Waals surface area (Å²) in [5, 5.41) is 3.65. The van der Waals surface area contributed by atoms with Crippen molar-refractivity contribution in [2.45, 2.75) is 31.5 Å². The third kappa shape index (κ3) is 2.62. The maximum atomic E-state index is 12.4. The first-order valence-electron chi connectivity index (χ1n) is 7.68. The van der Waals surface area contributed by atoms with E-state index in [0.717, 1.165) is 35.9 Å². The monoisotopic (exact) mass is 318 g/mol. The van der Waals surface area contributed by atoms with Gasteiger partial charge >= 0.3 is 0 Å². The molecule has 0 bridgehead atoms. The molecule has 2 aliphatic rings. The molecule has 1 saturated carbocycles. The number of nitrogens with one attached hydrogen (secondary N) is 1. The summed E-state index contributed by atoms with van der Waals surface area (Å²) in [6, 6.07) is 7.91. The van der Waals surface area contributed by atoms with Gasteiger partial charge in [-0.2, -0.15) is 0 Å². The van der Waals surface area contributed by atoms with Crippen molar-refractivity contribution in [2.24, 2.45) is 5.92 Å². The van der Waals surface area contributed by atoms with Crippen LogP contribution in [-0.4, -0.2) is 29.9 Å². The molecule has 1 aromatic heterocycles. The number of nitrogens with zero attached hydrogens (tertiary/aromatic N) is 1. The molecule has 0 unspecified atom stereocenters. The molecule has 6 heteroatoms. The van der Waals surface area contributed by atoms with Gasteiger partial charge in [0.1, 0.15) is 0 Å². The molecule has 1 N–H and O–H groups in total. The minimum atomic E-state index is -0.410. The minimum absolute atomic E-state index is 0.0189. The van der Waals surface area contributed by atoms with Gasteiger partial charge in [0, 0.05) is 18.8 Å². The van der Waals surface area contributed by atoms with Gasteiger partial charge in [-0.1, -0.05) is 23.5 Å². The van der Waals surface area contributed by atoms with Crippen molar-refractivity contribution < 1.29 is 14.3 Å². The number of aromatic nitrogens is 1. The molecular formula is C16H18N2O3S. The van der Waals surface area contributed by atoms with E-state index in [-0.39, 0.29) is 11.8 Å². The first-order chi connectivity index (χ1) is 10.7. The predicted octanol–water partition coefficient (Wildman–Crippen LogP) is 3.17. The standard InChI is InChI=1S/C16H18N2O3S/c19-14(11-5-7-16(8-6-11)20-9-10-21-16)18-15-17-12-3-1-2-4-13(12)22-15/h1-4,11H,5-10H2,(H,17,18,19). The molecule has 4 rings (SSSR count). The number of hydrogen-bond acceptors (Lipinski definition) is 5. The Morgan fingerprint density at radius 2 is 1.95 bits per heavy atom. The summed E-state index contributed by atoms with van der Waals surface area (Å²) >= 11 is 1.52. The first kappa shape index (κ1) is 14.1. The Bertz CT molecular complexity index is 651. The van der Waals surface area contributed by atoms with Gasteiger partial charge in [0.15, 0.2) is 10.9 Å². The molecule has 1 aliphatic heterocycles. The van der Waals surface area contributed by atoms with Crippen LogP contribution in [0.4, 0.5) is 5.13 Å². The molecule has 2 heterocycles. The smallest absolute Gasteiger partial charge is 0.229 e. The van der Waals surface area contributed by atoms with Gasteiger partial charge in [-0.3, -0.25) is 4.79 Å². The summed E-state index contributed by atoms with van der Waals surface area (Å²) in [5.41, 5.74) is 0.929. The molecule has 5 nitrogen and oxygen atoms in total. The normalized spacial score (nSPS) is 21.5. The van der Waals surface area contributed by atoms with Crippen LogP contribution in [0.3, 0.4) is 0 Å². The summed E-state index contributed by atoms with van der Waals surface area (Å²) in [7, 11) is 0. The Labute approximate surface area is 132 Å². The Balaban J connectivity index is 1.40. The number of ether oxygens (including phenoxy) is 2. The van der Waals surface area contributed by atoms with E-state index in [1.165, 1.54) is 11.3 Å². The number of thiazole rings is 1. The van der Waals surface area contributed by atoms with Gasteiger partial charge in [-0.05, 0) is 25.0 Å². The topological polar surface area (TPSA) is 60.5 Å². The van der Waals surface area contributed by atoms with E-state index >= 15 is 0 Å². The molecule has 1 saturated heterocycles. The van der Waals surface area contributed by atoms with Crippen LogP contribution < -0.4 is 5.32 Å². The number of anilines is 1. The number of rotatable bonds is 2. The minimum Gasteiger partial charge on any atom is -0.348 e. The maximum Gasteiger partial charge on any atom is 0.229 e. The molecule has 1 spiro atoms.